The molecule has 0 bridgehead atoms. The Kier molecular flexibility index (Phi) is 6.41. The van der Waals surface area contributed by atoms with Gasteiger partial charge in [-0.3, -0.25) is 9.69 Å². The highest BCUT2D eigenvalue weighted by Crippen LogP contribution is 2.32. The lowest BCUT2D eigenvalue weighted by atomic mass is 10.1. The van der Waals surface area contributed by atoms with Crippen molar-refractivity contribution >= 4 is 23.5 Å². The first-order valence-electron chi connectivity index (χ1n) is 10.4. The molecule has 3 heterocycles. The van der Waals surface area contributed by atoms with Crippen molar-refractivity contribution in [2.75, 3.05) is 56.2 Å². The number of amides is 2. The molecular formula is C22H23F3N4O4. The number of hydrogen-bond donors (Lipinski definition) is 0. The Morgan fingerprint density at radius 3 is 2.52 bits per heavy atom. The fourth-order valence-corrected chi connectivity index (χ4v) is 3.96. The number of carbonyl (C=O) groups excluding carboxylic acids is 2. The number of methoxy groups -OCH3 is 1. The summed E-state index contributed by atoms with van der Waals surface area (Å²) in [5, 5.41) is 0. The molecule has 2 aliphatic rings. The van der Waals surface area contributed by atoms with E-state index in [0.29, 0.717) is 37.7 Å². The van der Waals surface area contributed by atoms with Crippen LogP contribution >= 0.6 is 0 Å². The number of cyclic esters (lactones) is 1. The zero-order valence-corrected chi connectivity index (χ0v) is 17.9. The van der Waals surface area contributed by atoms with Gasteiger partial charge in [0.05, 0.1) is 36.2 Å². The quantitative estimate of drug-likeness (QED) is 0.677. The van der Waals surface area contributed by atoms with Gasteiger partial charge in [-0.05, 0) is 24.3 Å². The molecule has 4 rings (SSSR count). The second kappa shape index (κ2) is 9.26. The van der Waals surface area contributed by atoms with Gasteiger partial charge in [-0.2, -0.15) is 13.2 Å². The number of piperazine rings is 1. The van der Waals surface area contributed by atoms with Gasteiger partial charge in [-0.15, -0.1) is 0 Å². The average molecular weight is 464 g/mol. The lowest BCUT2D eigenvalue weighted by Gasteiger charge is -2.35. The third-order valence-corrected chi connectivity index (χ3v) is 5.62. The summed E-state index contributed by atoms with van der Waals surface area (Å²) in [5.41, 5.74) is -0.673. The number of benzene rings is 1. The van der Waals surface area contributed by atoms with Gasteiger partial charge in [-0.1, -0.05) is 12.1 Å². The maximum absolute atomic E-state index is 13.3. The van der Waals surface area contributed by atoms with Crippen LogP contribution in [0.2, 0.25) is 0 Å². The van der Waals surface area contributed by atoms with Crippen molar-refractivity contribution in [3.63, 3.8) is 0 Å². The standard InChI is InChI=1S/C22H23F3N4O4/c1-32-14-16-13-29(21(31)33-16)15-6-7-19(26-12-15)27-8-10-28(11-9-27)20(30)17-4-2-3-5-18(17)22(23,24)25/h2-7,12,16H,8-11,13-14H2,1H3. The summed E-state index contributed by atoms with van der Waals surface area (Å²) in [5.74, 6) is 0.0200. The molecule has 1 atom stereocenters. The zero-order chi connectivity index (χ0) is 23.6. The highest BCUT2D eigenvalue weighted by molar-refractivity contribution is 5.96. The summed E-state index contributed by atoms with van der Waals surface area (Å²) in [7, 11) is 1.54. The third-order valence-electron chi connectivity index (χ3n) is 5.62. The van der Waals surface area contributed by atoms with Crippen LogP contribution in [0.25, 0.3) is 0 Å². The first-order chi connectivity index (χ1) is 15.8. The number of halogens is 3. The van der Waals surface area contributed by atoms with E-state index in [1.807, 2.05) is 4.90 Å². The molecule has 2 saturated heterocycles. The van der Waals surface area contributed by atoms with Crippen LogP contribution in [0.15, 0.2) is 42.6 Å². The zero-order valence-electron chi connectivity index (χ0n) is 17.9. The van der Waals surface area contributed by atoms with Gasteiger partial charge in [-0.25, -0.2) is 9.78 Å². The van der Waals surface area contributed by atoms with Gasteiger partial charge >= 0.3 is 12.3 Å². The van der Waals surface area contributed by atoms with Crippen LogP contribution in [-0.2, 0) is 15.7 Å². The molecule has 2 amide bonds. The monoisotopic (exact) mass is 464 g/mol. The number of aromatic nitrogens is 1. The Hall–Kier alpha value is -3.34. The molecule has 1 aromatic heterocycles. The van der Waals surface area contributed by atoms with Gasteiger partial charge in [0.15, 0.2) is 0 Å². The minimum atomic E-state index is -4.59. The molecule has 8 nitrogen and oxygen atoms in total. The molecule has 1 aromatic carbocycles. The fourth-order valence-electron chi connectivity index (χ4n) is 3.96. The number of carbonyl (C=O) groups is 2. The molecule has 176 valence electrons. The molecule has 0 spiro atoms. The summed E-state index contributed by atoms with van der Waals surface area (Å²) in [4.78, 5) is 34.1. The molecule has 0 aliphatic carbocycles. The Bertz CT molecular complexity index is 1010. The van der Waals surface area contributed by atoms with Gasteiger partial charge in [0, 0.05) is 33.3 Å². The molecular weight excluding hydrogens is 441 g/mol. The van der Waals surface area contributed by atoms with E-state index >= 15 is 0 Å². The predicted octanol–water partition coefficient (Wildman–Crippen LogP) is 3.03. The van der Waals surface area contributed by atoms with Crippen molar-refractivity contribution in [1.82, 2.24) is 9.88 Å². The van der Waals surface area contributed by atoms with Gasteiger partial charge in [0.1, 0.15) is 11.9 Å². The van der Waals surface area contributed by atoms with Crippen LogP contribution in [-0.4, -0.2) is 74.4 Å². The topological polar surface area (TPSA) is 75.2 Å². The molecule has 2 aromatic rings. The first kappa shape index (κ1) is 22.8. The van der Waals surface area contributed by atoms with Crippen molar-refractivity contribution in [1.29, 1.82) is 0 Å². The number of pyridine rings is 1. The van der Waals surface area contributed by atoms with E-state index in [4.69, 9.17) is 9.47 Å². The lowest BCUT2D eigenvalue weighted by molar-refractivity contribution is -0.138. The van der Waals surface area contributed by atoms with Crippen molar-refractivity contribution in [3.8, 4) is 0 Å². The van der Waals surface area contributed by atoms with Crippen LogP contribution in [0, 0.1) is 0 Å². The third kappa shape index (κ3) is 4.87. The van der Waals surface area contributed by atoms with E-state index in [-0.39, 0.29) is 24.8 Å². The number of hydrogen-bond acceptors (Lipinski definition) is 6. The Morgan fingerprint density at radius 1 is 1.15 bits per heavy atom. The van der Waals surface area contributed by atoms with Crippen molar-refractivity contribution in [3.05, 3.63) is 53.7 Å². The Labute approximate surface area is 188 Å². The highest BCUT2D eigenvalue weighted by Gasteiger charge is 2.36. The van der Waals surface area contributed by atoms with Crippen LogP contribution in [0.3, 0.4) is 0 Å². The van der Waals surface area contributed by atoms with Crippen LogP contribution < -0.4 is 9.80 Å². The number of ether oxygens (including phenoxy) is 2. The molecule has 11 heteroatoms. The number of anilines is 2. The van der Waals surface area contributed by atoms with Crippen molar-refractivity contribution < 1.29 is 32.2 Å². The van der Waals surface area contributed by atoms with Gasteiger partial charge in [0.2, 0.25) is 0 Å². The summed E-state index contributed by atoms with van der Waals surface area (Å²) in [6, 6.07) is 8.35. The van der Waals surface area contributed by atoms with E-state index in [0.717, 1.165) is 6.07 Å². The Morgan fingerprint density at radius 2 is 1.88 bits per heavy atom. The van der Waals surface area contributed by atoms with E-state index in [9.17, 15) is 22.8 Å². The molecule has 0 saturated carbocycles. The lowest BCUT2D eigenvalue weighted by Crippen LogP contribution is -2.49. The second-order valence-electron chi connectivity index (χ2n) is 7.77. The largest absolute Gasteiger partial charge is 0.441 e. The summed E-state index contributed by atoms with van der Waals surface area (Å²) >= 11 is 0. The number of nitrogens with zero attached hydrogens (tertiary/aromatic N) is 4. The van der Waals surface area contributed by atoms with Gasteiger partial charge in [0.25, 0.3) is 5.91 Å². The average Bonchev–Trinajstić information content (AvgIpc) is 3.18. The number of alkyl halides is 3. The van der Waals surface area contributed by atoms with E-state index in [2.05, 4.69) is 4.98 Å². The summed E-state index contributed by atoms with van der Waals surface area (Å²) < 4.78 is 50.0. The first-order valence-corrected chi connectivity index (χ1v) is 10.4. The highest BCUT2D eigenvalue weighted by atomic mass is 19.4. The van der Waals surface area contributed by atoms with E-state index < -0.39 is 23.7 Å². The van der Waals surface area contributed by atoms with E-state index in [1.165, 1.54) is 35.1 Å². The number of rotatable bonds is 5. The minimum Gasteiger partial charge on any atom is -0.441 e. The molecule has 33 heavy (non-hydrogen) atoms. The predicted molar refractivity (Wildman–Crippen MR) is 113 cm³/mol. The second-order valence-corrected chi connectivity index (χ2v) is 7.77. The van der Waals surface area contributed by atoms with Crippen molar-refractivity contribution in [2.45, 2.75) is 12.3 Å². The molecule has 1 unspecified atom stereocenters. The van der Waals surface area contributed by atoms with Gasteiger partial charge < -0.3 is 19.3 Å². The SMILES string of the molecule is COCC1CN(c2ccc(N3CCN(C(=O)c4ccccc4C(F)(F)F)CC3)nc2)C(=O)O1. The van der Waals surface area contributed by atoms with E-state index in [1.54, 1.807) is 18.3 Å². The Balaban J connectivity index is 1.38. The summed E-state index contributed by atoms with van der Waals surface area (Å²) in [6.07, 6.45) is -3.82. The molecule has 0 N–H and O–H groups in total. The van der Waals surface area contributed by atoms with Crippen molar-refractivity contribution in [2.24, 2.45) is 0 Å². The smallest absolute Gasteiger partial charge is 0.417 e. The fraction of sp³-hybridized carbons (Fsp3) is 0.409. The molecule has 2 aliphatic heterocycles. The van der Waals surface area contributed by atoms with Crippen LogP contribution in [0.4, 0.5) is 29.5 Å². The minimum absolute atomic E-state index is 0.269. The maximum Gasteiger partial charge on any atom is 0.417 e. The maximum atomic E-state index is 13.3. The normalized spacial score (nSPS) is 19.1. The van der Waals surface area contributed by atoms with Crippen LogP contribution in [0.1, 0.15) is 15.9 Å². The molecule has 0 radical (unpaired) electrons. The molecule has 2 fully saturated rings. The van der Waals surface area contributed by atoms with Crippen LogP contribution in [0.5, 0.6) is 0 Å². The summed E-state index contributed by atoms with van der Waals surface area (Å²) in [6.45, 7) is 2.07.